The van der Waals surface area contributed by atoms with Gasteiger partial charge in [0.05, 0.1) is 38.6 Å². The molecule has 1 aromatic carbocycles. The number of halogens is 1. The zero-order valence-electron chi connectivity index (χ0n) is 12.6. The second-order valence-electron chi connectivity index (χ2n) is 5.21. The maximum absolute atomic E-state index is 11.1. The molecule has 4 rings (SSSR count). The van der Waals surface area contributed by atoms with Gasteiger partial charge in [-0.15, -0.1) is 11.3 Å². The second-order valence-corrected chi connectivity index (χ2v) is 6.93. The summed E-state index contributed by atoms with van der Waals surface area (Å²) < 4.78 is 6.41. The summed E-state index contributed by atoms with van der Waals surface area (Å²) in [5, 5.41) is 9.13. The zero-order chi connectivity index (χ0) is 17.4. The van der Waals surface area contributed by atoms with Gasteiger partial charge in [0.2, 0.25) is 5.89 Å². The van der Waals surface area contributed by atoms with E-state index in [9.17, 15) is 4.79 Å². The summed E-state index contributed by atoms with van der Waals surface area (Å²) in [6.07, 6.45) is 1.30. The molecule has 0 aliphatic carbocycles. The molecule has 0 saturated heterocycles. The van der Waals surface area contributed by atoms with E-state index in [-0.39, 0.29) is 12.3 Å². The summed E-state index contributed by atoms with van der Waals surface area (Å²) in [6.45, 7) is 0. The van der Waals surface area contributed by atoms with Crippen LogP contribution in [-0.4, -0.2) is 26.0 Å². The van der Waals surface area contributed by atoms with Gasteiger partial charge in [0, 0.05) is 0 Å². The lowest BCUT2D eigenvalue weighted by Gasteiger charge is -1.98. The Labute approximate surface area is 150 Å². The molecule has 0 aliphatic heterocycles. The highest BCUT2D eigenvalue weighted by atomic mass is 35.5. The summed E-state index contributed by atoms with van der Waals surface area (Å²) >= 11 is 7.27. The summed E-state index contributed by atoms with van der Waals surface area (Å²) in [4.78, 5) is 25.0. The summed E-state index contributed by atoms with van der Waals surface area (Å²) in [6, 6.07) is 10.9. The van der Waals surface area contributed by atoms with Crippen LogP contribution in [-0.2, 0) is 11.2 Å². The summed E-state index contributed by atoms with van der Waals surface area (Å²) in [5.41, 5.74) is 2.24. The summed E-state index contributed by atoms with van der Waals surface area (Å²) in [5.74, 6) is -0.369. The molecule has 0 saturated carbocycles. The minimum absolute atomic E-state index is 0.231. The van der Waals surface area contributed by atoms with Gasteiger partial charge in [-0.25, -0.2) is 9.97 Å². The number of rotatable bonds is 4. The Hall–Kier alpha value is -2.77. The van der Waals surface area contributed by atoms with Crippen molar-refractivity contribution in [1.29, 1.82) is 0 Å². The first-order chi connectivity index (χ1) is 12.1. The number of fused-ring (bicyclic) bond motifs is 1. The van der Waals surface area contributed by atoms with Crippen LogP contribution in [0.5, 0.6) is 0 Å². The van der Waals surface area contributed by atoms with Crippen LogP contribution in [0.15, 0.2) is 47.0 Å². The molecule has 0 bridgehead atoms. The Kier molecular flexibility index (Phi) is 3.95. The Morgan fingerprint density at radius 3 is 2.68 bits per heavy atom. The number of aromatic nitrogens is 3. The normalized spacial score (nSPS) is 11.1. The van der Waals surface area contributed by atoms with Crippen molar-refractivity contribution >= 4 is 39.9 Å². The number of nitrogens with zero attached hydrogens (tertiary/aromatic N) is 3. The smallest absolute Gasteiger partial charge is 0.309 e. The number of hydrogen-bond donors (Lipinski definition) is 1. The molecule has 0 amide bonds. The van der Waals surface area contributed by atoms with Gasteiger partial charge in [0.1, 0.15) is 5.69 Å². The maximum atomic E-state index is 11.1. The third-order valence-corrected chi connectivity index (χ3v) is 4.71. The van der Waals surface area contributed by atoms with Crippen LogP contribution in [0, 0.1) is 0 Å². The summed E-state index contributed by atoms with van der Waals surface area (Å²) in [7, 11) is 0. The van der Waals surface area contributed by atoms with Crippen molar-refractivity contribution in [2.24, 2.45) is 0 Å². The zero-order valence-corrected chi connectivity index (χ0v) is 14.2. The molecule has 1 N–H and O–H groups in total. The average Bonchev–Trinajstić information content (AvgIpc) is 3.20. The number of hydrogen-bond acceptors (Lipinski definition) is 6. The van der Waals surface area contributed by atoms with Gasteiger partial charge in [-0.1, -0.05) is 23.7 Å². The van der Waals surface area contributed by atoms with E-state index in [1.807, 2.05) is 24.3 Å². The fraction of sp³-hybridized carbons (Fsp3) is 0.0588. The van der Waals surface area contributed by atoms with E-state index in [1.165, 1.54) is 11.3 Å². The molecule has 0 spiro atoms. The predicted molar refractivity (Wildman–Crippen MR) is 94.7 cm³/mol. The first-order valence-electron chi connectivity index (χ1n) is 7.29. The molecule has 0 fully saturated rings. The number of carboxylic acid groups (broad SMARTS) is 1. The molecule has 3 aromatic heterocycles. The van der Waals surface area contributed by atoms with Crippen molar-refractivity contribution in [2.75, 3.05) is 0 Å². The Balaban J connectivity index is 1.83. The van der Waals surface area contributed by atoms with Gasteiger partial charge >= 0.3 is 5.97 Å². The monoisotopic (exact) mass is 371 g/mol. The fourth-order valence-corrected chi connectivity index (χ4v) is 3.46. The predicted octanol–water partition coefficient (Wildman–Crippen LogP) is 4.29. The molecule has 6 nitrogen and oxygen atoms in total. The van der Waals surface area contributed by atoms with Gasteiger partial charge < -0.3 is 9.52 Å². The van der Waals surface area contributed by atoms with E-state index >= 15 is 0 Å². The molecule has 0 radical (unpaired) electrons. The highest BCUT2D eigenvalue weighted by Gasteiger charge is 2.21. The largest absolute Gasteiger partial charge is 0.481 e. The number of aliphatic carboxylic acids is 1. The number of para-hydroxylation sites is 2. The van der Waals surface area contributed by atoms with E-state index in [0.717, 1.165) is 5.52 Å². The minimum atomic E-state index is -0.992. The van der Waals surface area contributed by atoms with Crippen LogP contribution in [0.3, 0.4) is 0 Å². The van der Waals surface area contributed by atoms with Crippen molar-refractivity contribution in [3.63, 3.8) is 0 Å². The number of benzene rings is 1. The molecular weight excluding hydrogens is 362 g/mol. The molecule has 4 aromatic rings. The number of oxazole rings is 1. The van der Waals surface area contributed by atoms with E-state index in [1.54, 1.807) is 18.3 Å². The maximum Gasteiger partial charge on any atom is 0.309 e. The Morgan fingerprint density at radius 2 is 1.96 bits per heavy atom. The third-order valence-electron chi connectivity index (χ3n) is 3.48. The quantitative estimate of drug-likeness (QED) is 0.575. The second kappa shape index (κ2) is 6.27. The molecule has 0 atom stereocenters. The van der Waals surface area contributed by atoms with Crippen molar-refractivity contribution in [3.05, 3.63) is 52.6 Å². The fourth-order valence-electron chi connectivity index (χ4n) is 2.41. The van der Waals surface area contributed by atoms with Gasteiger partial charge in [0.25, 0.3) is 0 Å². The lowest BCUT2D eigenvalue weighted by atomic mass is 10.2. The first kappa shape index (κ1) is 15.7. The van der Waals surface area contributed by atoms with Crippen molar-refractivity contribution < 1.29 is 14.3 Å². The molecule has 8 heteroatoms. The van der Waals surface area contributed by atoms with Crippen LogP contribution in [0.2, 0.25) is 4.34 Å². The van der Waals surface area contributed by atoms with E-state index in [4.69, 9.17) is 21.1 Å². The van der Waals surface area contributed by atoms with Gasteiger partial charge in [-0.2, -0.15) is 0 Å². The SMILES string of the molecule is O=C(O)Cc1nc(-c2cnc3ccccc3n2)oc1-c1ccc(Cl)s1. The van der Waals surface area contributed by atoms with Crippen LogP contribution in [0.4, 0.5) is 0 Å². The molecule has 124 valence electrons. The molecular formula is C17H10ClN3O3S. The Bertz CT molecular complexity index is 1090. The number of carbonyl (C=O) groups is 1. The first-order valence-corrected chi connectivity index (χ1v) is 8.49. The minimum Gasteiger partial charge on any atom is -0.481 e. The molecule has 3 heterocycles. The van der Waals surface area contributed by atoms with E-state index in [0.29, 0.717) is 31.9 Å². The van der Waals surface area contributed by atoms with Gasteiger partial charge in [-0.05, 0) is 24.3 Å². The van der Waals surface area contributed by atoms with E-state index < -0.39 is 5.97 Å². The highest BCUT2D eigenvalue weighted by molar-refractivity contribution is 7.19. The standard InChI is InChI=1S/C17H10ClN3O3S/c18-14-6-5-13(25-14)16-11(7-15(22)23)21-17(24-16)12-8-19-9-3-1-2-4-10(9)20-12/h1-6,8H,7H2,(H,22,23). The van der Waals surface area contributed by atoms with Crippen LogP contribution in [0.25, 0.3) is 33.3 Å². The molecule has 25 heavy (non-hydrogen) atoms. The Morgan fingerprint density at radius 1 is 1.16 bits per heavy atom. The van der Waals surface area contributed by atoms with Crippen molar-refractivity contribution in [1.82, 2.24) is 15.0 Å². The number of thiophene rings is 1. The highest BCUT2D eigenvalue weighted by Crippen LogP contribution is 2.36. The van der Waals surface area contributed by atoms with Gasteiger partial charge in [0.15, 0.2) is 5.76 Å². The molecule has 0 unspecified atom stereocenters. The average molecular weight is 372 g/mol. The number of carboxylic acids is 1. The lowest BCUT2D eigenvalue weighted by Crippen LogP contribution is -2.01. The van der Waals surface area contributed by atoms with Gasteiger partial charge in [-0.3, -0.25) is 9.78 Å². The van der Waals surface area contributed by atoms with Crippen LogP contribution >= 0.6 is 22.9 Å². The van der Waals surface area contributed by atoms with E-state index in [2.05, 4.69) is 15.0 Å². The van der Waals surface area contributed by atoms with Crippen molar-refractivity contribution in [3.8, 4) is 22.2 Å². The third kappa shape index (κ3) is 3.11. The van der Waals surface area contributed by atoms with Crippen LogP contribution in [0.1, 0.15) is 5.69 Å². The van der Waals surface area contributed by atoms with Crippen molar-refractivity contribution in [2.45, 2.75) is 6.42 Å². The lowest BCUT2D eigenvalue weighted by molar-refractivity contribution is -0.136. The topological polar surface area (TPSA) is 89.1 Å². The van der Waals surface area contributed by atoms with Crippen LogP contribution < -0.4 is 0 Å². The molecule has 0 aliphatic rings.